The molecular weight excluding hydrogens is 174 g/mol. The number of aromatic nitrogens is 2. The Morgan fingerprint density at radius 2 is 2.29 bits per heavy atom. The van der Waals surface area contributed by atoms with Crippen LogP contribution in [0.5, 0.6) is 0 Å². The van der Waals surface area contributed by atoms with Crippen LogP contribution >= 0.6 is 0 Å². The number of anilines is 1. The molecule has 3 heteroatoms. The Morgan fingerprint density at radius 1 is 1.43 bits per heavy atom. The van der Waals surface area contributed by atoms with E-state index in [-0.39, 0.29) is 0 Å². The van der Waals surface area contributed by atoms with Crippen LogP contribution in [0.2, 0.25) is 0 Å². The Bertz CT molecular complexity index is 322. The maximum absolute atomic E-state index is 4.32. The molecule has 1 aliphatic carbocycles. The third-order valence-electron chi connectivity index (χ3n) is 2.90. The average molecular weight is 191 g/mol. The highest BCUT2D eigenvalue weighted by Crippen LogP contribution is 2.33. The van der Waals surface area contributed by atoms with E-state index in [0.29, 0.717) is 5.92 Å². The van der Waals surface area contributed by atoms with Crippen LogP contribution in [0.1, 0.15) is 43.9 Å². The summed E-state index contributed by atoms with van der Waals surface area (Å²) < 4.78 is 0. The van der Waals surface area contributed by atoms with Crippen molar-refractivity contribution in [2.45, 2.75) is 39.0 Å². The first-order chi connectivity index (χ1) is 6.85. The molecule has 1 unspecified atom stereocenters. The van der Waals surface area contributed by atoms with E-state index >= 15 is 0 Å². The molecule has 0 amide bonds. The number of hydrogen-bond acceptors (Lipinski definition) is 3. The summed E-state index contributed by atoms with van der Waals surface area (Å²) in [6.07, 6.45) is 3.60. The smallest absolute Gasteiger partial charge is 0.148 e. The molecule has 1 aromatic rings. The van der Waals surface area contributed by atoms with Gasteiger partial charge in [0.1, 0.15) is 5.82 Å². The summed E-state index contributed by atoms with van der Waals surface area (Å²) in [4.78, 5) is 0. The number of nitrogens with one attached hydrogen (secondary N) is 1. The van der Waals surface area contributed by atoms with Crippen molar-refractivity contribution in [3.8, 4) is 0 Å². The summed E-state index contributed by atoms with van der Waals surface area (Å²) in [7, 11) is 0. The zero-order valence-electron chi connectivity index (χ0n) is 8.88. The average Bonchev–Trinajstić information content (AvgIpc) is 2.60. The van der Waals surface area contributed by atoms with Gasteiger partial charge in [-0.2, -0.15) is 5.10 Å². The Hall–Kier alpha value is -1.12. The van der Waals surface area contributed by atoms with Crippen molar-refractivity contribution in [2.24, 2.45) is 0 Å². The predicted octanol–water partition coefficient (Wildman–Crippen LogP) is 2.35. The molecule has 3 nitrogen and oxygen atoms in total. The Kier molecular flexibility index (Phi) is 2.66. The summed E-state index contributed by atoms with van der Waals surface area (Å²) in [6, 6.07) is 2.15. The molecule has 0 saturated heterocycles. The summed E-state index contributed by atoms with van der Waals surface area (Å²) in [5.74, 6) is 1.57. The van der Waals surface area contributed by atoms with Crippen LogP contribution in [-0.2, 0) is 6.42 Å². The van der Waals surface area contributed by atoms with Crippen LogP contribution in [0.15, 0.2) is 6.07 Å². The van der Waals surface area contributed by atoms with E-state index in [2.05, 4.69) is 35.4 Å². The van der Waals surface area contributed by atoms with Gasteiger partial charge in [0.25, 0.3) is 0 Å². The Balaban J connectivity index is 2.25. The second kappa shape index (κ2) is 3.95. The van der Waals surface area contributed by atoms with Gasteiger partial charge in [-0.25, -0.2) is 0 Å². The fourth-order valence-corrected chi connectivity index (χ4v) is 2.12. The van der Waals surface area contributed by atoms with Gasteiger partial charge in [0, 0.05) is 12.5 Å². The number of rotatable bonds is 3. The molecule has 1 atom stereocenters. The Morgan fingerprint density at radius 3 is 3.00 bits per heavy atom. The largest absolute Gasteiger partial charge is 0.369 e. The van der Waals surface area contributed by atoms with E-state index in [1.807, 2.05) is 0 Å². The second-order valence-corrected chi connectivity index (χ2v) is 3.81. The minimum absolute atomic E-state index is 0.646. The maximum Gasteiger partial charge on any atom is 0.148 e. The van der Waals surface area contributed by atoms with E-state index in [0.717, 1.165) is 12.4 Å². The number of fused-ring (bicyclic) bond motifs is 1. The molecule has 0 saturated carbocycles. The van der Waals surface area contributed by atoms with E-state index < -0.39 is 0 Å². The lowest BCUT2D eigenvalue weighted by Gasteiger charge is -2.07. The molecule has 1 aliphatic rings. The van der Waals surface area contributed by atoms with Gasteiger partial charge in [-0.3, -0.25) is 0 Å². The quantitative estimate of drug-likeness (QED) is 0.797. The first-order valence-corrected chi connectivity index (χ1v) is 5.45. The number of nitrogens with zero attached hydrogens (tertiary/aromatic N) is 2. The van der Waals surface area contributed by atoms with Crippen LogP contribution in [-0.4, -0.2) is 16.7 Å². The molecular formula is C11H17N3. The molecule has 1 N–H and O–H groups in total. The molecule has 76 valence electrons. The minimum Gasteiger partial charge on any atom is -0.369 e. The molecule has 0 spiro atoms. The fourth-order valence-electron chi connectivity index (χ4n) is 2.12. The number of hydrogen-bond donors (Lipinski definition) is 1. The molecule has 0 radical (unpaired) electrons. The Labute approximate surface area is 84.9 Å². The molecule has 0 aromatic carbocycles. The third kappa shape index (κ3) is 1.59. The number of aryl methyl sites for hydroxylation is 1. The molecule has 2 rings (SSSR count). The van der Waals surface area contributed by atoms with Crippen molar-refractivity contribution < 1.29 is 0 Å². The first-order valence-electron chi connectivity index (χ1n) is 5.45. The topological polar surface area (TPSA) is 37.8 Å². The van der Waals surface area contributed by atoms with Crippen molar-refractivity contribution in [1.29, 1.82) is 0 Å². The van der Waals surface area contributed by atoms with Crippen molar-refractivity contribution in [1.82, 2.24) is 10.2 Å². The predicted molar refractivity (Wildman–Crippen MR) is 57.5 cm³/mol. The van der Waals surface area contributed by atoms with E-state index in [4.69, 9.17) is 0 Å². The molecule has 0 fully saturated rings. The fraction of sp³-hybridized carbons (Fsp3) is 0.636. The van der Waals surface area contributed by atoms with Crippen molar-refractivity contribution in [3.63, 3.8) is 0 Å². The molecule has 1 heterocycles. The molecule has 1 aromatic heterocycles. The van der Waals surface area contributed by atoms with Gasteiger partial charge in [-0.1, -0.05) is 6.92 Å². The van der Waals surface area contributed by atoms with Crippen LogP contribution in [0.4, 0.5) is 5.82 Å². The van der Waals surface area contributed by atoms with Crippen LogP contribution in [0, 0.1) is 0 Å². The van der Waals surface area contributed by atoms with Crippen molar-refractivity contribution in [2.75, 3.05) is 11.9 Å². The monoisotopic (exact) mass is 191 g/mol. The highest BCUT2D eigenvalue weighted by molar-refractivity contribution is 5.40. The summed E-state index contributed by atoms with van der Waals surface area (Å²) in [5, 5.41) is 11.7. The zero-order valence-corrected chi connectivity index (χ0v) is 8.88. The van der Waals surface area contributed by atoms with Gasteiger partial charge >= 0.3 is 0 Å². The van der Waals surface area contributed by atoms with Gasteiger partial charge < -0.3 is 5.32 Å². The summed E-state index contributed by atoms with van der Waals surface area (Å²) >= 11 is 0. The summed E-state index contributed by atoms with van der Waals surface area (Å²) in [5.41, 5.74) is 2.62. The maximum atomic E-state index is 4.32. The minimum atomic E-state index is 0.646. The highest BCUT2D eigenvalue weighted by atomic mass is 15.2. The highest BCUT2D eigenvalue weighted by Gasteiger charge is 2.23. The lowest BCUT2D eigenvalue weighted by molar-refractivity contribution is 0.635. The van der Waals surface area contributed by atoms with E-state index in [1.54, 1.807) is 0 Å². The van der Waals surface area contributed by atoms with Crippen LogP contribution < -0.4 is 5.32 Å². The second-order valence-electron chi connectivity index (χ2n) is 3.81. The van der Waals surface area contributed by atoms with E-state index in [1.165, 1.54) is 30.5 Å². The lowest BCUT2D eigenvalue weighted by Crippen LogP contribution is -2.04. The van der Waals surface area contributed by atoms with Gasteiger partial charge in [-0.05, 0) is 37.8 Å². The van der Waals surface area contributed by atoms with Crippen LogP contribution in [0.3, 0.4) is 0 Å². The lowest BCUT2D eigenvalue weighted by atomic mass is 10.0. The summed E-state index contributed by atoms with van der Waals surface area (Å²) in [6.45, 7) is 5.20. The SMILES string of the molecule is CCNc1cc2c(nn1)C(CC)CC2. The third-order valence-corrected chi connectivity index (χ3v) is 2.90. The first kappa shape index (κ1) is 9.44. The zero-order chi connectivity index (χ0) is 9.97. The van der Waals surface area contributed by atoms with Crippen LogP contribution in [0.25, 0.3) is 0 Å². The molecule has 14 heavy (non-hydrogen) atoms. The van der Waals surface area contributed by atoms with E-state index in [9.17, 15) is 0 Å². The normalized spacial score (nSPS) is 19.4. The molecule has 0 bridgehead atoms. The van der Waals surface area contributed by atoms with Gasteiger partial charge in [-0.15, -0.1) is 5.10 Å². The van der Waals surface area contributed by atoms with Gasteiger partial charge in [0.2, 0.25) is 0 Å². The van der Waals surface area contributed by atoms with Gasteiger partial charge in [0.05, 0.1) is 5.69 Å². The van der Waals surface area contributed by atoms with Gasteiger partial charge in [0.15, 0.2) is 0 Å². The van der Waals surface area contributed by atoms with Crippen molar-refractivity contribution >= 4 is 5.82 Å². The standard InChI is InChI=1S/C11H17N3/c1-3-8-5-6-9-7-10(12-4-2)13-14-11(8)9/h7-8H,3-6H2,1-2H3,(H,12,13). The molecule has 0 aliphatic heterocycles. The van der Waals surface area contributed by atoms with Crippen molar-refractivity contribution in [3.05, 3.63) is 17.3 Å².